The van der Waals surface area contributed by atoms with Crippen molar-refractivity contribution in [3.8, 4) is 6.07 Å². The summed E-state index contributed by atoms with van der Waals surface area (Å²) in [5, 5.41) is 13.0. The Hall–Kier alpha value is -1.30. The Morgan fingerprint density at radius 3 is 2.85 bits per heavy atom. The number of anilines is 2. The van der Waals surface area contributed by atoms with Gasteiger partial charge in [-0.1, -0.05) is 6.92 Å². The summed E-state index contributed by atoms with van der Waals surface area (Å²) in [6.45, 7) is 4.79. The molecule has 0 amide bonds. The predicted molar refractivity (Wildman–Crippen MR) is 80.9 cm³/mol. The van der Waals surface area contributed by atoms with Crippen LogP contribution in [0.15, 0.2) is 4.90 Å². The van der Waals surface area contributed by atoms with Gasteiger partial charge < -0.3 is 16.0 Å². The number of sulfone groups is 1. The van der Waals surface area contributed by atoms with E-state index in [-0.39, 0.29) is 21.2 Å². The van der Waals surface area contributed by atoms with Crippen LogP contribution in [0.5, 0.6) is 0 Å². The lowest BCUT2D eigenvalue weighted by Crippen LogP contribution is -2.28. The van der Waals surface area contributed by atoms with Crippen LogP contribution in [0.3, 0.4) is 0 Å². The first-order valence-corrected chi connectivity index (χ1v) is 8.99. The third-order valence-electron chi connectivity index (χ3n) is 3.30. The number of rotatable bonds is 3. The number of nitrogen functional groups attached to an aromatic ring is 1. The fraction of sp³-hybridized carbons (Fsp3) is 0.583. The van der Waals surface area contributed by atoms with Crippen LogP contribution in [-0.2, 0) is 9.84 Å². The summed E-state index contributed by atoms with van der Waals surface area (Å²) in [5.41, 5.74) is 5.99. The zero-order chi connectivity index (χ0) is 14.8. The van der Waals surface area contributed by atoms with E-state index < -0.39 is 9.84 Å². The van der Waals surface area contributed by atoms with Crippen molar-refractivity contribution < 1.29 is 8.42 Å². The molecular weight excluding hydrogens is 296 g/mol. The average molecular weight is 314 g/mol. The Bertz CT molecular complexity index is 623. The minimum atomic E-state index is -3.44. The average Bonchev–Trinajstić information content (AvgIpc) is 2.63. The molecule has 0 aromatic carbocycles. The van der Waals surface area contributed by atoms with Crippen molar-refractivity contribution in [3.63, 3.8) is 0 Å². The van der Waals surface area contributed by atoms with Crippen LogP contribution in [0.4, 0.5) is 10.7 Å². The molecule has 0 aliphatic carbocycles. The highest BCUT2D eigenvalue weighted by Crippen LogP contribution is 2.41. The standard InChI is InChI=1S/C12H18N4O2S2/c1-2-20(17,18)11-10(14)9(8-13)19-12(11)16-6-3-4-15-5-7-16/h15H,2-7,14H2,1H3. The number of nitrogens with two attached hydrogens (primary N) is 1. The summed E-state index contributed by atoms with van der Waals surface area (Å²) in [7, 11) is -3.44. The number of nitrogens with one attached hydrogen (secondary N) is 1. The van der Waals surface area contributed by atoms with Crippen LogP contribution in [-0.4, -0.2) is 40.3 Å². The van der Waals surface area contributed by atoms with Gasteiger partial charge in [-0.05, 0) is 13.0 Å². The monoisotopic (exact) mass is 314 g/mol. The number of nitriles is 1. The van der Waals surface area contributed by atoms with Crippen LogP contribution in [0, 0.1) is 11.3 Å². The summed E-state index contributed by atoms with van der Waals surface area (Å²) >= 11 is 1.18. The summed E-state index contributed by atoms with van der Waals surface area (Å²) < 4.78 is 24.6. The quantitative estimate of drug-likeness (QED) is 0.856. The molecule has 20 heavy (non-hydrogen) atoms. The molecule has 8 heteroatoms. The second-order valence-corrected chi connectivity index (χ2v) is 7.80. The van der Waals surface area contributed by atoms with E-state index >= 15 is 0 Å². The molecule has 0 saturated carbocycles. The van der Waals surface area contributed by atoms with Crippen LogP contribution < -0.4 is 16.0 Å². The maximum atomic E-state index is 12.3. The van der Waals surface area contributed by atoms with Crippen molar-refractivity contribution >= 4 is 31.9 Å². The highest BCUT2D eigenvalue weighted by molar-refractivity contribution is 7.91. The van der Waals surface area contributed by atoms with Gasteiger partial charge in [0, 0.05) is 19.6 Å². The lowest BCUT2D eigenvalue weighted by Gasteiger charge is -2.21. The van der Waals surface area contributed by atoms with Gasteiger partial charge in [0.15, 0.2) is 9.84 Å². The van der Waals surface area contributed by atoms with Gasteiger partial charge in [0.05, 0.1) is 11.4 Å². The van der Waals surface area contributed by atoms with E-state index in [1.54, 1.807) is 6.92 Å². The van der Waals surface area contributed by atoms with Crippen LogP contribution in [0.25, 0.3) is 0 Å². The van der Waals surface area contributed by atoms with Crippen molar-refractivity contribution in [2.24, 2.45) is 0 Å². The molecule has 2 rings (SSSR count). The maximum Gasteiger partial charge on any atom is 0.183 e. The smallest absolute Gasteiger partial charge is 0.183 e. The van der Waals surface area contributed by atoms with E-state index in [9.17, 15) is 8.42 Å². The van der Waals surface area contributed by atoms with E-state index in [1.165, 1.54) is 11.3 Å². The molecular formula is C12H18N4O2S2. The molecule has 1 aliphatic rings. The first-order chi connectivity index (χ1) is 9.51. The van der Waals surface area contributed by atoms with Gasteiger partial charge in [-0.3, -0.25) is 0 Å². The van der Waals surface area contributed by atoms with Crippen LogP contribution in [0.1, 0.15) is 18.2 Å². The van der Waals surface area contributed by atoms with Crippen molar-refractivity contribution in [3.05, 3.63) is 4.88 Å². The number of thiophene rings is 1. The lowest BCUT2D eigenvalue weighted by molar-refractivity contribution is 0.597. The van der Waals surface area contributed by atoms with Gasteiger partial charge >= 0.3 is 0 Å². The zero-order valence-electron chi connectivity index (χ0n) is 11.3. The van der Waals surface area contributed by atoms with Gasteiger partial charge in [-0.15, -0.1) is 11.3 Å². The highest BCUT2D eigenvalue weighted by atomic mass is 32.2. The SMILES string of the molecule is CCS(=O)(=O)c1c(N2CCCNCC2)sc(C#N)c1N. The van der Waals surface area contributed by atoms with Crippen molar-refractivity contribution in [2.45, 2.75) is 18.2 Å². The fourth-order valence-electron chi connectivity index (χ4n) is 2.20. The first kappa shape index (κ1) is 15.1. The molecule has 3 N–H and O–H groups in total. The third kappa shape index (κ3) is 2.75. The minimum Gasteiger partial charge on any atom is -0.396 e. The Balaban J connectivity index is 2.54. The molecule has 0 atom stereocenters. The van der Waals surface area contributed by atoms with Gasteiger partial charge in [0.1, 0.15) is 20.8 Å². The molecule has 1 fully saturated rings. The van der Waals surface area contributed by atoms with Gasteiger partial charge in [-0.25, -0.2) is 8.42 Å². The highest BCUT2D eigenvalue weighted by Gasteiger charge is 2.29. The zero-order valence-corrected chi connectivity index (χ0v) is 13.0. The predicted octanol–water partition coefficient (Wildman–Crippen LogP) is 0.795. The Morgan fingerprint density at radius 1 is 1.45 bits per heavy atom. The molecule has 0 spiro atoms. The number of nitrogens with zero attached hydrogens (tertiary/aromatic N) is 2. The topological polar surface area (TPSA) is 99.2 Å². The van der Waals surface area contributed by atoms with Crippen molar-refractivity contribution in [1.29, 1.82) is 5.26 Å². The van der Waals surface area contributed by atoms with E-state index in [1.807, 2.05) is 11.0 Å². The molecule has 1 aliphatic heterocycles. The Labute approximate surface area is 123 Å². The summed E-state index contributed by atoms with van der Waals surface area (Å²) in [6, 6.07) is 1.99. The molecule has 1 aromatic rings. The molecule has 1 saturated heterocycles. The molecule has 6 nitrogen and oxygen atoms in total. The van der Waals surface area contributed by atoms with Crippen molar-refractivity contribution in [2.75, 3.05) is 42.6 Å². The van der Waals surface area contributed by atoms with Gasteiger partial charge in [-0.2, -0.15) is 5.26 Å². The lowest BCUT2D eigenvalue weighted by atomic mass is 10.3. The summed E-state index contributed by atoms with van der Waals surface area (Å²) in [4.78, 5) is 2.44. The number of hydrogen-bond acceptors (Lipinski definition) is 7. The van der Waals surface area contributed by atoms with Gasteiger partial charge in [0.2, 0.25) is 0 Å². The molecule has 0 radical (unpaired) electrons. The fourth-order valence-corrected chi connectivity index (χ4v) is 4.86. The Morgan fingerprint density at radius 2 is 2.20 bits per heavy atom. The first-order valence-electron chi connectivity index (χ1n) is 6.52. The molecule has 1 aromatic heterocycles. The summed E-state index contributed by atoms with van der Waals surface area (Å²) in [5.74, 6) is -0.0160. The largest absolute Gasteiger partial charge is 0.396 e. The normalized spacial score (nSPS) is 16.7. The molecule has 110 valence electrons. The summed E-state index contributed by atoms with van der Waals surface area (Å²) in [6.07, 6.45) is 0.936. The molecule has 2 heterocycles. The molecule has 0 bridgehead atoms. The van der Waals surface area contributed by atoms with E-state index in [4.69, 9.17) is 11.0 Å². The third-order valence-corrected chi connectivity index (χ3v) is 6.40. The van der Waals surface area contributed by atoms with E-state index in [2.05, 4.69) is 5.32 Å². The van der Waals surface area contributed by atoms with E-state index in [0.29, 0.717) is 5.00 Å². The van der Waals surface area contributed by atoms with E-state index in [0.717, 1.165) is 32.6 Å². The molecule has 0 unspecified atom stereocenters. The Kier molecular flexibility index (Phi) is 4.52. The van der Waals surface area contributed by atoms with Crippen LogP contribution in [0.2, 0.25) is 0 Å². The van der Waals surface area contributed by atoms with Crippen LogP contribution >= 0.6 is 11.3 Å². The van der Waals surface area contributed by atoms with Crippen molar-refractivity contribution in [1.82, 2.24) is 5.32 Å². The minimum absolute atomic E-state index is 0.0160. The maximum absolute atomic E-state index is 12.3. The van der Waals surface area contributed by atoms with Gasteiger partial charge in [0.25, 0.3) is 0 Å². The second kappa shape index (κ2) is 5.99. The second-order valence-electron chi connectivity index (χ2n) is 4.58. The number of hydrogen-bond donors (Lipinski definition) is 2.